The van der Waals surface area contributed by atoms with Gasteiger partial charge in [0.15, 0.2) is 11.5 Å². The van der Waals surface area contributed by atoms with Crippen molar-refractivity contribution >= 4 is 15.9 Å². The molecule has 0 aliphatic carbocycles. The van der Waals surface area contributed by atoms with E-state index in [-0.39, 0.29) is 0 Å². The minimum Gasteiger partial charge on any atom is -0.496 e. The SMILES string of the molecule is COc1ccc(Br)cc1C[NH+](CCc1ccc2c(c1)OCO2)Cc1cccnc1. The Morgan fingerprint density at radius 3 is 2.76 bits per heavy atom. The van der Waals surface area contributed by atoms with Crippen LogP contribution < -0.4 is 19.1 Å². The summed E-state index contributed by atoms with van der Waals surface area (Å²) >= 11 is 3.59. The van der Waals surface area contributed by atoms with Gasteiger partial charge in [-0.1, -0.05) is 28.1 Å². The van der Waals surface area contributed by atoms with Gasteiger partial charge in [0.1, 0.15) is 18.8 Å². The fourth-order valence-corrected chi connectivity index (χ4v) is 4.01. The van der Waals surface area contributed by atoms with E-state index in [1.54, 1.807) is 7.11 Å². The van der Waals surface area contributed by atoms with Gasteiger partial charge in [0.25, 0.3) is 0 Å². The van der Waals surface area contributed by atoms with Crippen molar-refractivity contribution in [2.24, 2.45) is 0 Å². The zero-order valence-electron chi connectivity index (χ0n) is 16.4. The third-order valence-corrected chi connectivity index (χ3v) is 5.56. The predicted molar refractivity (Wildman–Crippen MR) is 114 cm³/mol. The molecule has 1 aliphatic rings. The van der Waals surface area contributed by atoms with E-state index < -0.39 is 0 Å². The molecule has 5 nitrogen and oxygen atoms in total. The quantitative estimate of drug-likeness (QED) is 0.565. The second-order valence-electron chi connectivity index (χ2n) is 7.11. The molecule has 1 atom stereocenters. The van der Waals surface area contributed by atoms with Gasteiger partial charge in [0.2, 0.25) is 6.79 Å². The highest BCUT2D eigenvalue weighted by atomic mass is 79.9. The van der Waals surface area contributed by atoms with E-state index in [0.717, 1.165) is 47.8 Å². The van der Waals surface area contributed by atoms with E-state index in [1.807, 2.05) is 36.7 Å². The average Bonchev–Trinajstić information content (AvgIpc) is 3.21. The summed E-state index contributed by atoms with van der Waals surface area (Å²) in [5, 5.41) is 0. The number of rotatable bonds is 8. The van der Waals surface area contributed by atoms with E-state index >= 15 is 0 Å². The van der Waals surface area contributed by atoms with Crippen molar-refractivity contribution in [1.29, 1.82) is 0 Å². The zero-order valence-corrected chi connectivity index (χ0v) is 17.9. The van der Waals surface area contributed by atoms with Crippen LogP contribution in [0.15, 0.2) is 65.4 Å². The first kappa shape index (κ1) is 19.7. The highest BCUT2D eigenvalue weighted by molar-refractivity contribution is 9.10. The summed E-state index contributed by atoms with van der Waals surface area (Å²) in [6.45, 7) is 3.04. The summed E-state index contributed by atoms with van der Waals surface area (Å²) in [6.07, 6.45) is 4.70. The lowest BCUT2D eigenvalue weighted by atomic mass is 10.1. The van der Waals surface area contributed by atoms with Crippen LogP contribution in [0.1, 0.15) is 16.7 Å². The summed E-state index contributed by atoms with van der Waals surface area (Å²) in [5.74, 6) is 2.58. The second kappa shape index (κ2) is 9.29. The van der Waals surface area contributed by atoms with Gasteiger partial charge in [-0.15, -0.1) is 0 Å². The maximum Gasteiger partial charge on any atom is 0.231 e. The third-order valence-electron chi connectivity index (χ3n) is 5.06. The second-order valence-corrected chi connectivity index (χ2v) is 8.02. The maximum atomic E-state index is 5.59. The molecule has 0 saturated carbocycles. The zero-order chi connectivity index (χ0) is 20.1. The van der Waals surface area contributed by atoms with Crippen LogP contribution in [0.2, 0.25) is 0 Å². The molecule has 2 heterocycles. The number of nitrogens with zero attached hydrogens (tertiary/aromatic N) is 1. The van der Waals surface area contributed by atoms with Crippen LogP contribution in [0.5, 0.6) is 17.2 Å². The normalized spacial score (nSPS) is 13.3. The molecule has 150 valence electrons. The number of fused-ring (bicyclic) bond motifs is 1. The number of halogens is 1. The van der Waals surface area contributed by atoms with Crippen LogP contribution >= 0.6 is 15.9 Å². The Balaban J connectivity index is 1.51. The summed E-state index contributed by atoms with van der Waals surface area (Å²) in [4.78, 5) is 5.71. The van der Waals surface area contributed by atoms with Crippen molar-refractivity contribution in [3.05, 3.63) is 82.1 Å². The summed E-state index contributed by atoms with van der Waals surface area (Å²) < 4.78 is 17.6. The van der Waals surface area contributed by atoms with Gasteiger partial charge in [0, 0.05) is 34.4 Å². The Morgan fingerprint density at radius 1 is 1.03 bits per heavy atom. The van der Waals surface area contributed by atoms with Crippen LogP contribution in [0, 0.1) is 0 Å². The molecule has 6 heteroatoms. The molecule has 4 rings (SSSR count). The molecule has 3 aromatic rings. The van der Waals surface area contributed by atoms with Crippen LogP contribution in [0.4, 0.5) is 0 Å². The fourth-order valence-electron chi connectivity index (χ4n) is 3.60. The first-order valence-electron chi connectivity index (χ1n) is 9.64. The van der Waals surface area contributed by atoms with Gasteiger partial charge in [-0.25, -0.2) is 0 Å². The number of hydrogen-bond acceptors (Lipinski definition) is 4. The van der Waals surface area contributed by atoms with Crippen LogP contribution in [0.3, 0.4) is 0 Å². The minimum absolute atomic E-state index is 0.305. The average molecular weight is 456 g/mol. The Morgan fingerprint density at radius 2 is 1.93 bits per heavy atom. The van der Waals surface area contributed by atoms with Crippen molar-refractivity contribution in [2.75, 3.05) is 20.4 Å². The van der Waals surface area contributed by atoms with Gasteiger partial charge < -0.3 is 19.1 Å². The van der Waals surface area contributed by atoms with Crippen LogP contribution in [0.25, 0.3) is 0 Å². The monoisotopic (exact) mass is 455 g/mol. The Bertz CT molecular complexity index is 966. The summed E-state index contributed by atoms with van der Waals surface area (Å²) in [6, 6.07) is 16.5. The molecule has 1 unspecified atom stereocenters. The number of ether oxygens (including phenoxy) is 3. The van der Waals surface area contributed by atoms with E-state index in [1.165, 1.54) is 21.6 Å². The lowest BCUT2D eigenvalue weighted by Crippen LogP contribution is -3.09. The molecule has 1 aromatic heterocycles. The summed E-state index contributed by atoms with van der Waals surface area (Å²) in [7, 11) is 1.72. The van der Waals surface area contributed by atoms with Gasteiger partial charge in [-0.05, 0) is 42.0 Å². The number of methoxy groups -OCH3 is 1. The van der Waals surface area contributed by atoms with Gasteiger partial charge in [-0.3, -0.25) is 4.98 Å². The van der Waals surface area contributed by atoms with Crippen LogP contribution in [-0.2, 0) is 19.5 Å². The Labute approximate surface area is 179 Å². The Kier molecular flexibility index (Phi) is 6.32. The van der Waals surface area contributed by atoms with Crippen LogP contribution in [-0.4, -0.2) is 25.4 Å². The molecular weight excluding hydrogens is 432 g/mol. The largest absolute Gasteiger partial charge is 0.496 e. The molecule has 0 amide bonds. The van der Waals surface area contributed by atoms with Gasteiger partial charge in [-0.2, -0.15) is 0 Å². The number of benzene rings is 2. The maximum absolute atomic E-state index is 5.59. The molecule has 0 saturated heterocycles. The third kappa shape index (κ3) is 5.08. The Hall–Kier alpha value is -2.57. The first-order valence-corrected chi connectivity index (χ1v) is 10.4. The van der Waals surface area contributed by atoms with Crippen molar-refractivity contribution in [3.63, 3.8) is 0 Å². The topological polar surface area (TPSA) is 45.0 Å². The van der Waals surface area contributed by atoms with E-state index in [0.29, 0.717) is 6.79 Å². The number of quaternary nitrogens is 1. The lowest BCUT2D eigenvalue weighted by molar-refractivity contribution is -0.927. The lowest BCUT2D eigenvalue weighted by Gasteiger charge is -2.21. The molecule has 0 radical (unpaired) electrons. The van der Waals surface area contributed by atoms with Crippen molar-refractivity contribution in [1.82, 2.24) is 4.98 Å². The van der Waals surface area contributed by atoms with Crippen molar-refractivity contribution in [2.45, 2.75) is 19.5 Å². The van der Waals surface area contributed by atoms with Gasteiger partial charge >= 0.3 is 0 Å². The molecule has 0 spiro atoms. The predicted octanol–water partition coefficient (Wildman–Crippen LogP) is 3.41. The number of pyridine rings is 1. The van der Waals surface area contributed by atoms with E-state index in [9.17, 15) is 0 Å². The molecular formula is C23H24BrN2O3+. The number of aromatic nitrogens is 1. The minimum atomic E-state index is 0.305. The standard InChI is InChI=1S/C23H23BrN2O3/c1-27-21-7-5-20(24)12-19(21)15-26(14-18-3-2-9-25-13-18)10-8-17-4-6-22-23(11-17)29-16-28-22/h2-7,9,11-13H,8,10,14-16H2,1H3/p+1. The first-order chi connectivity index (χ1) is 14.2. The molecule has 1 aliphatic heterocycles. The molecule has 0 fully saturated rings. The summed E-state index contributed by atoms with van der Waals surface area (Å²) in [5.41, 5.74) is 3.66. The van der Waals surface area contributed by atoms with Gasteiger partial charge in [0.05, 0.1) is 13.7 Å². The molecule has 29 heavy (non-hydrogen) atoms. The highest BCUT2D eigenvalue weighted by Gasteiger charge is 2.17. The fraction of sp³-hybridized carbons (Fsp3) is 0.261. The van der Waals surface area contributed by atoms with Crippen molar-refractivity contribution < 1.29 is 19.1 Å². The van der Waals surface area contributed by atoms with E-state index in [4.69, 9.17) is 14.2 Å². The highest BCUT2D eigenvalue weighted by Crippen LogP contribution is 2.32. The number of nitrogens with one attached hydrogen (secondary N) is 1. The molecule has 2 aromatic carbocycles. The molecule has 0 bridgehead atoms. The molecule has 1 N–H and O–H groups in total. The van der Waals surface area contributed by atoms with E-state index in [2.05, 4.69) is 45.2 Å². The number of hydrogen-bond donors (Lipinski definition) is 1. The van der Waals surface area contributed by atoms with Crippen molar-refractivity contribution in [3.8, 4) is 17.2 Å². The smallest absolute Gasteiger partial charge is 0.231 e.